The summed E-state index contributed by atoms with van der Waals surface area (Å²) in [6.45, 7) is 0.282. The molecule has 0 N–H and O–H groups in total. The van der Waals surface area contributed by atoms with Crippen molar-refractivity contribution in [2.24, 2.45) is 0 Å². The van der Waals surface area contributed by atoms with Crippen LogP contribution in [0.25, 0.3) is 4.96 Å². The van der Waals surface area contributed by atoms with E-state index >= 15 is 0 Å². The summed E-state index contributed by atoms with van der Waals surface area (Å²) in [4.78, 5) is 0.720. The molecule has 30 heavy (non-hydrogen) atoms. The van der Waals surface area contributed by atoms with Gasteiger partial charge in [-0.15, -0.1) is 10.2 Å². The third-order valence-electron chi connectivity index (χ3n) is 4.43. The van der Waals surface area contributed by atoms with Gasteiger partial charge in [-0.2, -0.15) is 9.61 Å². The Bertz CT molecular complexity index is 1180. The smallest absolute Gasteiger partial charge is 0.234 e. The highest BCUT2D eigenvalue weighted by Gasteiger charge is 2.14. The van der Waals surface area contributed by atoms with E-state index in [1.54, 1.807) is 36.9 Å². The van der Waals surface area contributed by atoms with Crippen molar-refractivity contribution in [2.75, 3.05) is 14.2 Å². The predicted octanol–water partition coefficient (Wildman–Crippen LogP) is 4.87. The maximum atomic E-state index is 6.15. The summed E-state index contributed by atoms with van der Waals surface area (Å²) >= 11 is 13.5. The average Bonchev–Trinajstić information content (AvgIpc) is 3.32. The maximum Gasteiger partial charge on any atom is 0.234 e. The summed E-state index contributed by atoms with van der Waals surface area (Å²) in [5.74, 6) is 2.75. The monoisotopic (exact) mass is 464 g/mol. The molecule has 0 saturated heterocycles. The highest BCUT2D eigenvalue weighted by atomic mass is 35.5. The second kappa shape index (κ2) is 9.07. The van der Waals surface area contributed by atoms with Crippen LogP contribution in [0.15, 0.2) is 36.4 Å². The molecule has 0 unspecified atom stereocenters. The third-order valence-corrected chi connectivity index (χ3v) is 5.83. The SMILES string of the molecule is COc1ccc(CCc2nnc3sc(COc4ccc(Cl)cc4Cl)nn23)cc1OC. The van der Waals surface area contributed by atoms with Gasteiger partial charge in [0, 0.05) is 11.4 Å². The molecular weight excluding hydrogens is 447 g/mol. The van der Waals surface area contributed by atoms with Crippen LogP contribution >= 0.6 is 34.5 Å². The number of benzene rings is 2. The zero-order valence-electron chi connectivity index (χ0n) is 16.3. The Morgan fingerprint density at radius 2 is 1.73 bits per heavy atom. The first-order chi connectivity index (χ1) is 14.6. The van der Waals surface area contributed by atoms with Gasteiger partial charge >= 0.3 is 0 Å². The Hall–Kier alpha value is -2.55. The summed E-state index contributed by atoms with van der Waals surface area (Å²) < 4.78 is 18.2. The molecule has 10 heteroatoms. The number of hydrogen-bond donors (Lipinski definition) is 0. The van der Waals surface area contributed by atoms with Gasteiger partial charge in [-0.05, 0) is 42.3 Å². The van der Waals surface area contributed by atoms with Gasteiger partial charge in [0.15, 0.2) is 22.3 Å². The van der Waals surface area contributed by atoms with Crippen LogP contribution in [0.4, 0.5) is 0 Å². The molecule has 2 heterocycles. The minimum absolute atomic E-state index is 0.282. The number of nitrogens with zero attached hydrogens (tertiary/aromatic N) is 4. The van der Waals surface area contributed by atoms with Crippen molar-refractivity contribution < 1.29 is 14.2 Å². The molecule has 2 aromatic carbocycles. The molecular formula is C20H18Cl2N4O3S. The fraction of sp³-hybridized carbons (Fsp3) is 0.250. The van der Waals surface area contributed by atoms with E-state index in [2.05, 4.69) is 15.3 Å². The maximum absolute atomic E-state index is 6.15. The molecule has 0 bridgehead atoms. The van der Waals surface area contributed by atoms with Crippen LogP contribution in [0, 0.1) is 0 Å². The Balaban J connectivity index is 1.44. The van der Waals surface area contributed by atoms with Crippen LogP contribution in [0.1, 0.15) is 16.4 Å². The topological polar surface area (TPSA) is 70.8 Å². The third kappa shape index (κ3) is 4.45. The quantitative estimate of drug-likeness (QED) is 0.370. The first-order valence-corrected chi connectivity index (χ1v) is 10.6. The lowest BCUT2D eigenvalue weighted by molar-refractivity contribution is 0.304. The van der Waals surface area contributed by atoms with Crippen LogP contribution in [0.3, 0.4) is 0 Å². The number of fused-ring (bicyclic) bond motifs is 1. The van der Waals surface area contributed by atoms with E-state index in [1.807, 2.05) is 18.2 Å². The van der Waals surface area contributed by atoms with Gasteiger partial charge < -0.3 is 14.2 Å². The van der Waals surface area contributed by atoms with E-state index < -0.39 is 0 Å². The van der Waals surface area contributed by atoms with Crippen LogP contribution in [-0.2, 0) is 19.4 Å². The molecule has 0 atom stereocenters. The molecule has 0 radical (unpaired) electrons. The molecule has 7 nitrogen and oxygen atoms in total. The van der Waals surface area contributed by atoms with Crippen molar-refractivity contribution in [3.63, 3.8) is 0 Å². The molecule has 0 spiro atoms. The summed E-state index contributed by atoms with van der Waals surface area (Å²) in [5.41, 5.74) is 1.11. The summed E-state index contributed by atoms with van der Waals surface area (Å²) in [7, 11) is 3.24. The zero-order chi connectivity index (χ0) is 21.1. The Kier molecular flexibility index (Phi) is 6.26. The number of halogens is 2. The highest BCUT2D eigenvalue weighted by molar-refractivity contribution is 7.16. The molecule has 0 fully saturated rings. The number of methoxy groups -OCH3 is 2. The van der Waals surface area contributed by atoms with E-state index in [0.29, 0.717) is 33.7 Å². The fourth-order valence-corrected chi connectivity index (χ4v) is 4.16. The fourth-order valence-electron chi connectivity index (χ4n) is 2.94. The second-order valence-corrected chi connectivity index (χ2v) is 8.24. The molecule has 0 aliphatic heterocycles. The predicted molar refractivity (Wildman–Crippen MR) is 116 cm³/mol. The zero-order valence-corrected chi connectivity index (χ0v) is 18.6. The van der Waals surface area contributed by atoms with Crippen LogP contribution in [0.2, 0.25) is 10.0 Å². The lowest BCUT2D eigenvalue weighted by Crippen LogP contribution is -2.02. The first kappa shape index (κ1) is 20.7. The molecule has 0 amide bonds. The van der Waals surface area contributed by atoms with Gasteiger partial charge in [-0.3, -0.25) is 0 Å². The van der Waals surface area contributed by atoms with Crippen molar-refractivity contribution in [2.45, 2.75) is 19.4 Å². The molecule has 156 valence electrons. The Morgan fingerprint density at radius 1 is 0.933 bits per heavy atom. The lowest BCUT2D eigenvalue weighted by Gasteiger charge is -2.09. The molecule has 2 aromatic heterocycles. The second-order valence-electron chi connectivity index (χ2n) is 6.36. The van der Waals surface area contributed by atoms with E-state index in [4.69, 9.17) is 37.4 Å². The van der Waals surface area contributed by atoms with Crippen molar-refractivity contribution >= 4 is 39.5 Å². The van der Waals surface area contributed by atoms with Crippen LogP contribution < -0.4 is 14.2 Å². The van der Waals surface area contributed by atoms with Gasteiger partial charge in [0.05, 0.1) is 19.2 Å². The standard InChI is InChI=1S/C20H18Cl2N4O3S/c1-27-16-6-3-12(9-17(16)28-2)4-8-18-23-24-20-26(18)25-19(30-20)11-29-15-7-5-13(21)10-14(15)22/h3,5-7,9-10H,4,8,11H2,1-2H3. The van der Waals surface area contributed by atoms with Crippen molar-refractivity contribution in [1.82, 2.24) is 19.8 Å². The molecule has 0 saturated carbocycles. The van der Waals surface area contributed by atoms with Crippen LogP contribution in [0.5, 0.6) is 17.2 Å². The average molecular weight is 465 g/mol. The summed E-state index contributed by atoms with van der Waals surface area (Å²) in [6.07, 6.45) is 1.45. The minimum atomic E-state index is 0.282. The summed E-state index contributed by atoms with van der Waals surface area (Å²) in [5, 5.41) is 14.9. The number of ether oxygens (including phenoxy) is 3. The molecule has 0 aliphatic rings. The lowest BCUT2D eigenvalue weighted by atomic mass is 10.1. The highest BCUT2D eigenvalue weighted by Crippen LogP contribution is 2.29. The summed E-state index contributed by atoms with van der Waals surface area (Å²) in [6, 6.07) is 11.0. The van der Waals surface area contributed by atoms with Crippen molar-refractivity contribution in [3.05, 3.63) is 62.8 Å². The van der Waals surface area contributed by atoms with Crippen molar-refractivity contribution in [1.29, 1.82) is 0 Å². The number of aromatic nitrogens is 4. The molecule has 4 rings (SSSR count). The van der Waals surface area contributed by atoms with Crippen LogP contribution in [-0.4, -0.2) is 34.0 Å². The first-order valence-electron chi connectivity index (χ1n) is 9.06. The number of aryl methyl sites for hydroxylation is 2. The van der Waals surface area contributed by atoms with Crippen molar-refractivity contribution in [3.8, 4) is 17.2 Å². The van der Waals surface area contributed by atoms with E-state index in [9.17, 15) is 0 Å². The normalized spacial score (nSPS) is 11.1. The Labute approximate surface area is 187 Å². The van der Waals surface area contributed by atoms with Gasteiger partial charge in [0.2, 0.25) is 4.96 Å². The van der Waals surface area contributed by atoms with Gasteiger partial charge in [0.1, 0.15) is 12.4 Å². The van der Waals surface area contributed by atoms with Gasteiger partial charge in [0.25, 0.3) is 0 Å². The minimum Gasteiger partial charge on any atom is -0.493 e. The molecule has 0 aliphatic carbocycles. The number of hydrogen-bond acceptors (Lipinski definition) is 7. The van der Waals surface area contributed by atoms with Gasteiger partial charge in [-0.1, -0.05) is 40.6 Å². The Morgan fingerprint density at radius 3 is 2.50 bits per heavy atom. The van der Waals surface area contributed by atoms with E-state index in [-0.39, 0.29) is 6.61 Å². The largest absolute Gasteiger partial charge is 0.493 e. The van der Waals surface area contributed by atoms with E-state index in [0.717, 1.165) is 27.8 Å². The number of rotatable bonds is 8. The molecule has 4 aromatic rings. The van der Waals surface area contributed by atoms with Gasteiger partial charge in [-0.25, -0.2) is 0 Å². The van der Waals surface area contributed by atoms with E-state index in [1.165, 1.54) is 11.3 Å².